The lowest BCUT2D eigenvalue weighted by molar-refractivity contribution is 0.290. The summed E-state index contributed by atoms with van der Waals surface area (Å²) < 4.78 is 16.3. The Morgan fingerprint density at radius 2 is 2.00 bits per heavy atom. The first-order valence-electron chi connectivity index (χ1n) is 8.13. The Morgan fingerprint density at radius 1 is 1.12 bits per heavy atom. The second kappa shape index (κ2) is 10.2. The van der Waals surface area contributed by atoms with Crippen LogP contribution in [0.25, 0.3) is 0 Å². The van der Waals surface area contributed by atoms with Gasteiger partial charge in [0.1, 0.15) is 0 Å². The molecule has 0 bridgehead atoms. The molecule has 2 aromatic rings. The maximum atomic E-state index is 8.58. The lowest BCUT2D eigenvalue weighted by Gasteiger charge is -2.13. The Hall–Kier alpha value is -2.78. The SMILES string of the molecule is COc1ccc(CNCc2cccnc2OC)cc1OCCCC#N. The monoisotopic (exact) mass is 341 g/mol. The van der Waals surface area contributed by atoms with E-state index in [0.29, 0.717) is 49.9 Å². The third kappa shape index (κ3) is 5.66. The lowest BCUT2D eigenvalue weighted by Crippen LogP contribution is -2.14. The number of aromatic nitrogens is 1. The minimum Gasteiger partial charge on any atom is -0.493 e. The van der Waals surface area contributed by atoms with Gasteiger partial charge in [0.05, 0.1) is 26.9 Å². The van der Waals surface area contributed by atoms with Crippen molar-refractivity contribution >= 4 is 0 Å². The van der Waals surface area contributed by atoms with Crippen LogP contribution in [-0.2, 0) is 13.1 Å². The van der Waals surface area contributed by atoms with Gasteiger partial charge in [0.15, 0.2) is 11.5 Å². The molecule has 0 saturated carbocycles. The molecule has 0 unspecified atom stereocenters. The van der Waals surface area contributed by atoms with Crippen molar-refractivity contribution in [2.45, 2.75) is 25.9 Å². The molecule has 0 saturated heterocycles. The van der Waals surface area contributed by atoms with Gasteiger partial charge in [-0.05, 0) is 30.2 Å². The third-order valence-corrected chi connectivity index (χ3v) is 3.61. The molecule has 0 aliphatic heterocycles. The molecule has 0 amide bonds. The average molecular weight is 341 g/mol. The highest BCUT2D eigenvalue weighted by atomic mass is 16.5. The third-order valence-electron chi connectivity index (χ3n) is 3.61. The van der Waals surface area contributed by atoms with Crippen molar-refractivity contribution in [3.05, 3.63) is 47.7 Å². The van der Waals surface area contributed by atoms with E-state index < -0.39 is 0 Å². The van der Waals surface area contributed by atoms with Crippen LogP contribution in [-0.4, -0.2) is 25.8 Å². The van der Waals surface area contributed by atoms with Crippen LogP contribution in [0.2, 0.25) is 0 Å². The predicted molar refractivity (Wildman–Crippen MR) is 94.7 cm³/mol. The topological polar surface area (TPSA) is 76.4 Å². The summed E-state index contributed by atoms with van der Waals surface area (Å²) in [6, 6.07) is 11.8. The van der Waals surface area contributed by atoms with Crippen LogP contribution < -0.4 is 19.5 Å². The van der Waals surface area contributed by atoms with Crippen molar-refractivity contribution in [3.63, 3.8) is 0 Å². The van der Waals surface area contributed by atoms with Crippen molar-refractivity contribution in [2.24, 2.45) is 0 Å². The smallest absolute Gasteiger partial charge is 0.217 e. The summed E-state index contributed by atoms with van der Waals surface area (Å²) in [5, 5.41) is 12.0. The second-order valence-corrected chi connectivity index (χ2v) is 5.37. The first-order chi connectivity index (χ1) is 12.3. The summed E-state index contributed by atoms with van der Waals surface area (Å²) >= 11 is 0. The molecule has 1 aromatic heterocycles. The molecule has 0 radical (unpaired) electrons. The Morgan fingerprint density at radius 3 is 2.76 bits per heavy atom. The summed E-state index contributed by atoms with van der Waals surface area (Å²) in [7, 11) is 3.23. The van der Waals surface area contributed by atoms with E-state index in [-0.39, 0.29) is 0 Å². The van der Waals surface area contributed by atoms with E-state index in [1.807, 2.05) is 30.3 Å². The Labute approximate surface area is 148 Å². The van der Waals surface area contributed by atoms with Gasteiger partial charge < -0.3 is 19.5 Å². The number of rotatable bonds is 10. The van der Waals surface area contributed by atoms with Gasteiger partial charge in [-0.3, -0.25) is 0 Å². The summed E-state index contributed by atoms with van der Waals surface area (Å²) in [4.78, 5) is 4.19. The molecule has 2 rings (SSSR count). The molecule has 6 heteroatoms. The largest absolute Gasteiger partial charge is 0.493 e. The minimum absolute atomic E-state index is 0.483. The molecule has 1 N–H and O–H groups in total. The van der Waals surface area contributed by atoms with Crippen molar-refractivity contribution in [2.75, 3.05) is 20.8 Å². The Kier molecular flexibility index (Phi) is 7.54. The highest BCUT2D eigenvalue weighted by Crippen LogP contribution is 2.28. The number of benzene rings is 1. The number of hydrogen-bond acceptors (Lipinski definition) is 6. The van der Waals surface area contributed by atoms with Crippen LogP contribution in [0, 0.1) is 11.3 Å². The van der Waals surface area contributed by atoms with E-state index in [9.17, 15) is 0 Å². The molecule has 1 aromatic carbocycles. The van der Waals surface area contributed by atoms with Gasteiger partial charge in [-0.2, -0.15) is 5.26 Å². The highest BCUT2D eigenvalue weighted by molar-refractivity contribution is 5.43. The zero-order valence-electron chi connectivity index (χ0n) is 14.6. The van der Waals surface area contributed by atoms with Crippen molar-refractivity contribution in [3.8, 4) is 23.4 Å². The van der Waals surface area contributed by atoms with E-state index in [1.165, 1.54) is 0 Å². The maximum Gasteiger partial charge on any atom is 0.217 e. The van der Waals surface area contributed by atoms with Crippen LogP contribution in [0.1, 0.15) is 24.0 Å². The first kappa shape index (κ1) is 18.6. The average Bonchev–Trinajstić information content (AvgIpc) is 2.66. The van der Waals surface area contributed by atoms with E-state index in [4.69, 9.17) is 19.5 Å². The van der Waals surface area contributed by atoms with Crippen LogP contribution in [0.15, 0.2) is 36.5 Å². The predicted octanol–water partition coefficient (Wildman–Crippen LogP) is 3.07. The van der Waals surface area contributed by atoms with Crippen LogP contribution in [0.3, 0.4) is 0 Å². The first-order valence-corrected chi connectivity index (χ1v) is 8.13. The Bertz CT molecular complexity index is 713. The molecule has 0 spiro atoms. The number of nitriles is 1. The highest BCUT2D eigenvalue weighted by Gasteiger charge is 2.07. The summed E-state index contributed by atoms with van der Waals surface area (Å²) in [5.74, 6) is 2.01. The molecule has 0 fully saturated rings. The van der Waals surface area contributed by atoms with Gasteiger partial charge in [0.2, 0.25) is 5.88 Å². The zero-order valence-corrected chi connectivity index (χ0v) is 14.6. The number of pyridine rings is 1. The molecular formula is C19H23N3O3. The summed E-state index contributed by atoms with van der Waals surface area (Å²) in [6.07, 6.45) is 2.89. The van der Waals surface area contributed by atoms with Gasteiger partial charge in [0.25, 0.3) is 0 Å². The summed E-state index contributed by atoms with van der Waals surface area (Å²) in [6.45, 7) is 1.83. The van der Waals surface area contributed by atoms with E-state index in [2.05, 4.69) is 16.4 Å². The standard InChI is InChI=1S/C19H23N3O3/c1-23-17-8-7-15(12-18(17)25-11-4-3-9-20)13-21-14-16-6-5-10-22-19(16)24-2/h5-8,10,12,21H,3-4,11,13-14H2,1-2H3. The van der Waals surface area contributed by atoms with Crippen molar-refractivity contribution in [1.82, 2.24) is 10.3 Å². The molecule has 6 nitrogen and oxygen atoms in total. The number of hydrogen-bond donors (Lipinski definition) is 1. The molecule has 132 valence electrons. The maximum absolute atomic E-state index is 8.58. The minimum atomic E-state index is 0.483. The fourth-order valence-electron chi connectivity index (χ4n) is 2.36. The molecule has 0 aliphatic rings. The fourth-order valence-corrected chi connectivity index (χ4v) is 2.36. The van der Waals surface area contributed by atoms with Crippen LogP contribution >= 0.6 is 0 Å². The van der Waals surface area contributed by atoms with Crippen molar-refractivity contribution in [1.29, 1.82) is 5.26 Å². The van der Waals surface area contributed by atoms with E-state index >= 15 is 0 Å². The zero-order chi connectivity index (χ0) is 17.9. The van der Waals surface area contributed by atoms with Crippen molar-refractivity contribution < 1.29 is 14.2 Å². The van der Waals surface area contributed by atoms with Gasteiger partial charge in [0, 0.05) is 31.3 Å². The van der Waals surface area contributed by atoms with Crippen LogP contribution in [0.4, 0.5) is 0 Å². The van der Waals surface area contributed by atoms with Gasteiger partial charge >= 0.3 is 0 Å². The number of methoxy groups -OCH3 is 2. The molecule has 1 heterocycles. The number of nitrogens with zero attached hydrogens (tertiary/aromatic N) is 2. The second-order valence-electron chi connectivity index (χ2n) is 5.37. The van der Waals surface area contributed by atoms with E-state index in [1.54, 1.807) is 20.4 Å². The molecule has 25 heavy (non-hydrogen) atoms. The van der Waals surface area contributed by atoms with E-state index in [0.717, 1.165) is 11.1 Å². The number of nitrogens with one attached hydrogen (secondary N) is 1. The lowest BCUT2D eigenvalue weighted by atomic mass is 10.2. The number of ether oxygens (including phenoxy) is 3. The fraction of sp³-hybridized carbons (Fsp3) is 0.368. The molecular weight excluding hydrogens is 318 g/mol. The van der Waals surface area contributed by atoms with Gasteiger partial charge in [-0.25, -0.2) is 4.98 Å². The number of unbranched alkanes of at least 4 members (excludes halogenated alkanes) is 1. The Balaban J connectivity index is 1.94. The van der Waals surface area contributed by atoms with Gasteiger partial charge in [-0.1, -0.05) is 12.1 Å². The molecule has 0 atom stereocenters. The van der Waals surface area contributed by atoms with Crippen LogP contribution in [0.5, 0.6) is 17.4 Å². The van der Waals surface area contributed by atoms with Gasteiger partial charge in [-0.15, -0.1) is 0 Å². The molecule has 0 aliphatic carbocycles. The summed E-state index contributed by atoms with van der Waals surface area (Å²) in [5.41, 5.74) is 2.09. The normalized spacial score (nSPS) is 10.1. The quantitative estimate of drug-likeness (QED) is 0.669.